The molecule has 0 bridgehead atoms. The monoisotopic (exact) mass is 282 g/mol. The van der Waals surface area contributed by atoms with Crippen LogP contribution in [0.4, 0.5) is 0 Å². The van der Waals surface area contributed by atoms with Crippen LogP contribution in [0.2, 0.25) is 0 Å². The van der Waals surface area contributed by atoms with Gasteiger partial charge in [0.2, 0.25) is 0 Å². The Hall–Kier alpha value is -0.610. The third-order valence-electron chi connectivity index (χ3n) is 5.31. The molecule has 3 rings (SSSR count). The van der Waals surface area contributed by atoms with Gasteiger partial charge in [-0.2, -0.15) is 0 Å². The van der Waals surface area contributed by atoms with E-state index in [1.165, 1.54) is 6.92 Å². The molecule has 0 radical (unpaired) electrons. The van der Waals surface area contributed by atoms with E-state index in [0.29, 0.717) is 24.2 Å². The molecule has 0 amide bonds. The van der Waals surface area contributed by atoms with Gasteiger partial charge >= 0.3 is 5.97 Å². The van der Waals surface area contributed by atoms with Crippen molar-refractivity contribution < 1.29 is 19.0 Å². The fourth-order valence-corrected chi connectivity index (χ4v) is 3.78. The summed E-state index contributed by atoms with van der Waals surface area (Å²) in [5.74, 6) is 0.235. The van der Waals surface area contributed by atoms with Gasteiger partial charge < -0.3 is 14.2 Å². The van der Waals surface area contributed by atoms with Gasteiger partial charge in [0.05, 0.1) is 23.9 Å². The molecule has 1 aliphatic carbocycles. The maximum atomic E-state index is 11.5. The first-order valence-electron chi connectivity index (χ1n) is 7.83. The average molecular weight is 282 g/mol. The topological polar surface area (TPSA) is 51.4 Å². The van der Waals surface area contributed by atoms with Gasteiger partial charge in [-0.25, -0.2) is 0 Å². The summed E-state index contributed by atoms with van der Waals surface area (Å²) < 4.78 is 17.0. The summed E-state index contributed by atoms with van der Waals surface area (Å²) in [4.78, 5) is 11.5. The van der Waals surface area contributed by atoms with E-state index in [2.05, 4.69) is 20.8 Å². The van der Waals surface area contributed by atoms with Gasteiger partial charge in [-0.05, 0) is 52.9 Å². The first-order chi connectivity index (χ1) is 9.30. The molecule has 0 aromatic rings. The van der Waals surface area contributed by atoms with E-state index in [0.717, 1.165) is 32.1 Å². The van der Waals surface area contributed by atoms with Gasteiger partial charge in [0.15, 0.2) is 0 Å². The first kappa shape index (κ1) is 14.3. The molecule has 4 nitrogen and oxygen atoms in total. The molecule has 5 unspecified atom stereocenters. The summed E-state index contributed by atoms with van der Waals surface area (Å²) in [5.41, 5.74) is -0.362. The van der Waals surface area contributed by atoms with Crippen molar-refractivity contribution in [2.24, 2.45) is 5.92 Å². The van der Waals surface area contributed by atoms with E-state index in [1.54, 1.807) is 0 Å². The van der Waals surface area contributed by atoms with E-state index in [-0.39, 0.29) is 17.2 Å². The summed E-state index contributed by atoms with van der Waals surface area (Å²) in [6.07, 6.45) is 6.29. The number of hydrogen-bond donors (Lipinski definition) is 0. The van der Waals surface area contributed by atoms with Crippen molar-refractivity contribution in [3.8, 4) is 0 Å². The minimum Gasteiger partial charge on any atom is -0.459 e. The van der Waals surface area contributed by atoms with Gasteiger partial charge in [-0.15, -0.1) is 0 Å². The molecule has 0 aromatic heterocycles. The number of carbonyl (C=O) groups excluding carboxylic acids is 1. The zero-order valence-electron chi connectivity index (χ0n) is 13.0. The Morgan fingerprint density at radius 1 is 1.35 bits per heavy atom. The second-order valence-corrected chi connectivity index (χ2v) is 7.38. The summed E-state index contributed by atoms with van der Waals surface area (Å²) >= 11 is 0. The van der Waals surface area contributed by atoms with Gasteiger partial charge in [0.25, 0.3) is 0 Å². The minimum absolute atomic E-state index is 0.00833. The van der Waals surface area contributed by atoms with Crippen LogP contribution in [0.1, 0.15) is 59.8 Å². The SMILES string of the molecule is CC(=O)OC(C)(CCC1OC1(C)C)C1CCC2OC2C1. The fourth-order valence-electron chi connectivity index (χ4n) is 3.78. The van der Waals surface area contributed by atoms with Crippen molar-refractivity contribution in [2.45, 2.75) is 89.3 Å². The Bertz CT molecular complexity index is 405. The Balaban J connectivity index is 1.62. The normalized spacial score (nSPS) is 40.4. The van der Waals surface area contributed by atoms with Crippen molar-refractivity contribution in [3.05, 3.63) is 0 Å². The molecule has 0 N–H and O–H groups in total. The zero-order chi connectivity index (χ0) is 14.5. The highest BCUT2D eigenvalue weighted by Crippen LogP contribution is 2.47. The average Bonchev–Trinajstić information content (AvgIpc) is 3.21. The number of carbonyl (C=O) groups is 1. The molecule has 114 valence electrons. The van der Waals surface area contributed by atoms with Crippen LogP contribution < -0.4 is 0 Å². The van der Waals surface area contributed by atoms with E-state index in [9.17, 15) is 4.79 Å². The Morgan fingerprint density at radius 3 is 2.60 bits per heavy atom. The van der Waals surface area contributed by atoms with E-state index in [1.807, 2.05) is 0 Å². The van der Waals surface area contributed by atoms with Crippen LogP contribution in [-0.2, 0) is 19.0 Å². The number of ether oxygens (including phenoxy) is 3. The first-order valence-corrected chi connectivity index (χ1v) is 7.83. The van der Waals surface area contributed by atoms with Crippen LogP contribution in [0.15, 0.2) is 0 Å². The van der Waals surface area contributed by atoms with Crippen LogP contribution >= 0.6 is 0 Å². The van der Waals surface area contributed by atoms with E-state index in [4.69, 9.17) is 14.2 Å². The number of hydrogen-bond acceptors (Lipinski definition) is 4. The molecule has 2 heterocycles. The molecular weight excluding hydrogens is 256 g/mol. The molecule has 0 spiro atoms. The van der Waals surface area contributed by atoms with Crippen LogP contribution in [0.3, 0.4) is 0 Å². The van der Waals surface area contributed by atoms with Crippen LogP contribution in [-0.4, -0.2) is 35.5 Å². The third-order valence-corrected chi connectivity index (χ3v) is 5.31. The van der Waals surface area contributed by atoms with Gasteiger partial charge in [-0.3, -0.25) is 4.79 Å². The standard InChI is InChI=1S/C16H26O4/c1-10(17)19-16(4,8-7-14-15(2,3)20-14)11-5-6-12-13(9-11)18-12/h11-14H,5-9H2,1-4H3. The lowest BCUT2D eigenvalue weighted by molar-refractivity contribution is -0.163. The number of rotatable bonds is 5. The highest BCUT2D eigenvalue weighted by atomic mass is 16.6. The van der Waals surface area contributed by atoms with Crippen molar-refractivity contribution in [3.63, 3.8) is 0 Å². The van der Waals surface area contributed by atoms with Crippen molar-refractivity contribution in [1.29, 1.82) is 0 Å². The molecule has 3 aliphatic rings. The maximum Gasteiger partial charge on any atom is 0.303 e. The second kappa shape index (κ2) is 4.70. The highest BCUT2D eigenvalue weighted by molar-refractivity contribution is 5.66. The third kappa shape index (κ3) is 2.86. The summed E-state index contributed by atoms with van der Waals surface area (Å²) in [6.45, 7) is 7.83. The lowest BCUT2D eigenvalue weighted by Gasteiger charge is -2.38. The van der Waals surface area contributed by atoms with E-state index >= 15 is 0 Å². The van der Waals surface area contributed by atoms with E-state index < -0.39 is 0 Å². The lowest BCUT2D eigenvalue weighted by Crippen LogP contribution is -2.42. The van der Waals surface area contributed by atoms with Crippen LogP contribution in [0.25, 0.3) is 0 Å². The van der Waals surface area contributed by atoms with Crippen molar-refractivity contribution in [1.82, 2.24) is 0 Å². The smallest absolute Gasteiger partial charge is 0.303 e. The van der Waals surface area contributed by atoms with Gasteiger partial charge in [-0.1, -0.05) is 0 Å². The molecule has 0 aromatic carbocycles. The largest absolute Gasteiger partial charge is 0.459 e. The minimum atomic E-state index is -0.370. The molecular formula is C16H26O4. The Kier molecular flexibility index (Phi) is 3.37. The van der Waals surface area contributed by atoms with Gasteiger partial charge in [0.1, 0.15) is 5.60 Å². The Morgan fingerprint density at radius 2 is 2.05 bits per heavy atom. The molecule has 3 fully saturated rings. The van der Waals surface area contributed by atoms with Crippen LogP contribution in [0.5, 0.6) is 0 Å². The number of esters is 1. The van der Waals surface area contributed by atoms with Crippen molar-refractivity contribution in [2.75, 3.05) is 0 Å². The molecule has 2 saturated heterocycles. The quantitative estimate of drug-likeness (QED) is 0.575. The molecule has 1 saturated carbocycles. The molecule has 20 heavy (non-hydrogen) atoms. The van der Waals surface area contributed by atoms with Gasteiger partial charge in [0, 0.05) is 12.8 Å². The fraction of sp³-hybridized carbons (Fsp3) is 0.938. The number of epoxide rings is 2. The predicted octanol–water partition coefficient (Wildman–Crippen LogP) is 2.83. The molecule has 4 heteroatoms. The highest BCUT2D eigenvalue weighted by Gasteiger charge is 2.52. The summed E-state index contributed by atoms with van der Waals surface area (Å²) in [6, 6.07) is 0. The summed E-state index contributed by atoms with van der Waals surface area (Å²) in [7, 11) is 0. The molecule has 2 aliphatic heterocycles. The summed E-state index contributed by atoms with van der Waals surface area (Å²) in [5, 5.41) is 0. The van der Waals surface area contributed by atoms with Crippen LogP contribution in [0, 0.1) is 5.92 Å². The molecule has 5 atom stereocenters. The lowest BCUT2D eigenvalue weighted by atomic mass is 9.75. The van der Waals surface area contributed by atoms with Crippen molar-refractivity contribution >= 4 is 5.97 Å². The second-order valence-electron chi connectivity index (χ2n) is 7.38. The Labute approximate surface area is 121 Å². The predicted molar refractivity (Wildman–Crippen MR) is 74.4 cm³/mol. The maximum absolute atomic E-state index is 11.5. The zero-order valence-corrected chi connectivity index (χ0v) is 13.0. The number of fused-ring (bicyclic) bond motifs is 1.